The van der Waals surface area contributed by atoms with Crippen molar-refractivity contribution in [2.75, 3.05) is 0 Å². The van der Waals surface area contributed by atoms with Crippen LogP contribution in [-0.4, -0.2) is 11.2 Å². The van der Waals surface area contributed by atoms with Gasteiger partial charge in [-0.15, -0.1) is 0 Å². The molecule has 1 N–H and O–H groups in total. The third-order valence-corrected chi connectivity index (χ3v) is 6.24. The van der Waals surface area contributed by atoms with E-state index in [2.05, 4.69) is 39.8 Å². The molecule has 1 heteroatoms. The van der Waals surface area contributed by atoms with Crippen LogP contribution in [0.2, 0.25) is 0 Å². The number of hydrogen-bond acceptors (Lipinski definition) is 1. The fourth-order valence-electron chi connectivity index (χ4n) is 5.75. The second kappa shape index (κ2) is 2.75. The standard InChI is InChI=1S/C15H24O/c1-10-5-6-11-13(2,3)9-14(4)12(16)7-8-15(10,11)14/h7-8,10-12,16H,5-6,9H2,1-4H3/t10-,11+,12+,14-,15+/m1/s1. The Morgan fingerprint density at radius 3 is 2.56 bits per heavy atom. The van der Waals surface area contributed by atoms with E-state index in [9.17, 15) is 5.11 Å². The van der Waals surface area contributed by atoms with Crippen molar-refractivity contribution < 1.29 is 5.11 Å². The lowest BCUT2D eigenvalue weighted by molar-refractivity contribution is -0.00199. The van der Waals surface area contributed by atoms with Gasteiger partial charge in [0, 0.05) is 10.8 Å². The number of aliphatic hydroxyl groups excluding tert-OH is 1. The Hall–Kier alpha value is -0.300. The van der Waals surface area contributed by atoms with Gasteiger partial charge in [-0.25, -0.2) is 0 Å². The Balaban J connectivity index is 2.18. The lowest BCUT2D eigenvalue weighted by Gasteiger charge is -2.43. The average molecular weight is 220 g/mol. The molecule has 3 aliphatic rings. The molecule has 3 rings (SSSR count). The molecule has 0 aromatic rings. The Kier molecular flexibility index (Phi) is 1.86. The summed E-state index contributed by atoms with van der Waals surface area (Å²) in [5.74, 6) is 1.51. The van der Waals surface area contributed by atoms with Crippen LogP contribution in [0.1, 0.15) is 47.0 Å². The van der Waals surface area contributed by atoms with Gasteiger partial charge >= 0.3 is 0 Å². The molecule has 0 saturated heterocycles. The van der Waals surface area contributed by atoms with Crippen LogP contribution in [-0.2, 0) is 0 Å². The van der Waals surface area contributed by atoms with Gasteiger partial charge in [-0.05, 0) is 36.5 Å². The van der Waals surface area contributed by atoms with E-state index < -0.39 is 0 Å². The van der Waals surface area contributed by atoms with E-state index in [4.69, 9.17) is 0 Å². The maximum Gasteiger partial charge on any atom is 0.0783 e. The summed E-state index contributed by atoms with van der Waals surface area (Å²) in [6.45, 7) is 9.52. The second-order valence-corrected chi connectivity index (χ2v) is 7.35. The molecule has 1 nitrogen and oxygen atoms in total. The summed E-state index contributed by atoms with van der Waals surface area (Å²) in [6.07, 6.45) is 8.08. The molecule has 0 amide bonds. The smallest absolute Gasteiger partial charge is 0.0783 e. The molecule has 2 saturated carbocycles. The Morgan fingerprint density at radius 2 is 1.88 bits per heavy atom. The molecule has 0 aliphatic heterocycles. The van der Waals surface area contributed by atoms with E-state index in [1.165, 1.54) is 19.3 Å². The first-order valence-electron chi connectivity index (χ1n) is 6.72. The fraction of sp³-hybridized carbons (Fsp3) is 0.867. The first-order chi connectivity index (χ1) is 7.34. The molecule has 2 fully saturated rings. The zero-order valence-electron chi connectivity index (χ0n) is 11.0. The fourth-order valence-corrected chi connectivity index (χ4v) is 5.75. The molecular formula is C15H24O. The minimum atomic E-state index is -0.225. The highest BCUT2D eigenvalue weighted by Crippen LogP contribution is 2.75. The summed E-state index contributed by atoms with van der Waals surface area (Å²) in [7, 11) is 0. The first kappa shape index (κ1) is 10.8. The molecule has 3 aliphatic carbocycles. The molecule has 0 aromatic heterocycles. The lowest BCUT2D eigenvalue weighted by Crippen LogP contribution is -2.42. The Bertz CT molecular complexity index is 356. The first-order valence-corrected chi connectivity index (χ1v) is 6.72. The molecule has 0 unspecified atom stereocenters. The highest BCUT2D eigenvalue weighted by Gasteiger charge is 2.70. The maximum absolute atomic E-state index is 10.4. The van der Waals surface area contributed by atoms with Crippen molar-refractivity contribution in [3.8, 4) is 0 Å². The summed E-state index contributed by atoms with van der Waals surface area (Å²) >= 11 is 0. The molecule has 1 spiro atoms. The summed E-state index contributed by atoms with van der Waals surface area (Å²) in [5.41, 5.74) is 0.776. The van der Waals surface area contributed by atoms with Crippen LogP contribution in [0, 0.1) is 28.1 Å². The van der Waals surface area contributed by atoms with Crippen molar-refractivity contribution in [2.45, 2.75) is 53.1 Å². The highest BCUT2D eigenvalue weighted by molar-refractivity contribution is 5.31. The molecule has 0 bridgehead atoms. The van der Waals surface area contributed by atoms with Crippen LogP contribution in [0.25, 0.3) is 0 Å². The van der Waals surface area contributed by atoms with E-state index in [1.54, 1.807) is 0 Å². The summed E-state index contributed by atoms with van der Waals surface area (Å²) < 4.78 is 0. The molecule has 90 valence electrons. The molecule has 0 aromatic carbocycles. The second-order valence-electron chi connectivity index (χ2n) is 7.35. The third-order valence-electron chi connectivity index (χ3n) is 6.24. The molecule has 0 radical (unpaired) electrons. The van der Waals surface area contributed by atoms with Crippen LogP contribution >= 0.6 is 0 Å². The van der Waals surface area contributed by atoms with Crippen molar-refractivity contribution in [1.82, 2.24) is 0 Å². The van der Waals surface area contributed by atoms with Gasteiger partial charge in [0.2, 0.25) is 0 Å². The van der Waals surface area contributed by atoms with Gasteiger partial charge in [-0.2, -0.15) is 0 Å². The van der Waals surface area contributed by atoms with Gasteiger partial charge in [-0.3, -0.25) is 0 Å². The minimum absolute atomic E-state index is 0.0943. The van der Waals surface area contributed by atoms with E-state index in [0.29, 0.717) is 5.41 Å². The summed E-state index contributed by atoms with van der Waals surface area (Å²) in [4.78, 5) is 0. The van der Waals surface area contributed by atoms with E-state index in [0.717, 1.165) is 11.8 Å². The number of hydrogen-bond donors (Lipinski definition) is 1. The van der Waals surface area contributed by atoms with Crippen molar-refractivity contribution in [1.29, 1.82) is 0 Å². The number of aliphatic hydroxyl groups is 1. The zero-order valence-corrected chi connectivity index (χ0v) is 11.0. The van der Waals surface area contributed by atoms with Gasteiger partial charge in [0.25, 0.3) is 0 Å². The molecular weight excluding hydrogens is 196 g/mol. The van der Waals surface area contributed by atoms with E-state index in [1.807, 2.05) is 0 Å². The van der Waals surface area contributed by atoms with E-state index >= 15 is 0 Å². The highest BCUT2D eigenvalue weighted by atomic mass is 16.3. The average Bonchev–Trinajstić information content (AvgIpc) is 2.68. The topological polar surface area (TPSA) is 20.2 Å². The Labute approximate surface area is 98.9 Å². The van der Waals surface area contributed by atoms with E-state index in [-0.39, 0.29) is 16.9 Å². The number of rotatable bonds is 0. The van der Waals surface area contributed by atoms with Gasteiger partial charge in [0.15, 0.2) is 0 Å². The predicted octanol–water partition coefficient (Wildman–Crippen LogP) is 3.39. The van der Waals surface area contributed by atoms with Crippen molar-refractivity contribution in [3.05, 3.63) is 12.2 Å². The largest absolute Gasteiger partial charge is 0.388 e. The van der Waals surface area contributed by atoms with Gasteiger partial charge in [-0.1, -0.05) is 39.8 Å². The normalized spacial score (nSPS) is 57.7. The van der Waals surface area contributed by atoms with Crippen molar-refractivity contribution in [2.24, 2.45) is 28.1 Å². The van der Waals surface area contributed by atoms with Crippen LogP contribution in [0.15, 0.2) is 12.2 Å². The minimum Gasteiger partial charge on any atom is -0.388 e. The molecule has 16 heavy (non-hydrogen) atoms. The SMILES string of the molecule is C[C@@H]1CC[C@H]2C(C)(C)C[C@]3(C)[C@@H](O)C=C[C@]123. The van der Waals surface area contributed by atoms with Gasteiger partial charge in [0.1, 0.15) is 0 Å². The van der Waals surface area contributed by atoms with Crippen molar-refractivity contribution in [3.63, 3.8) is 0 Å². The third kappa shape index (κ3) is 0.895. The van der Waals surface area contributed by atoms with Crippen molar-refractivity contribution >= 4 is 0 Å². The Morgan fingerprint density at radius 1 is 1.19 bits per heavy atom. The van der Waals surface area contributed by atoms with Crippen LogP contribution < -0.4 is 0 Å². The van der Waals surface area contributed by atoms with Gasteiger partial charge in [0.05, 0.1) is 6.10 Å². The summed E-state index contributed by atoms with van der Waals surface area (Å²) in [5, 5.41) is 10.4. The molecule has 5 atom stereocenters. The lowest BCUT2D eigenvalue weighted by atomic mass is 9.61. The van der Waals surface area contributed by atoms with Crippen LogP contribution in [0.4, 0.5) is 0 Å². The van der Waals surface area contributed by atoms with Crippen LogP contribution in [0.5, 0.6) is 0 Å². The quantitative estimate of drug-likeness (QED) is 0.620. The predicted molar refractivity (Wildman–Crippen MR) is 66.0 cm³/mol. The van der Waals surface area contributed by atoms with Crippen LogP contribution in [0.3, 0.4) is 0 Å². The maximum atomic E-state index is 10.4. The van der Waals surface area contributed by atoms with Gasteiger partial charge < -0.3 is 5.11 Å². The summed E-state index contributed by atoms with van der Waals surface area (Å²) in [6, 6.07) is 0. The number of allylic oxidation sites excluding steroid dienone is 1. The molecule has 0 heterocycles. The zero-order chi connectivity index (χ0) is 11.8. The monoisotopic (exact) mass is 220 g/mol.